The van der Waals surface area contributed by atoms with E-state index >= 15 is 0 Å². The van der Waals surface area contributed by atoms with Crippen molar-refractivity contribution in [3.63, 3.8) is 0 Å². The van der Waals surface area contributed by atoms with Crippen molar-refractivity contribution in [2.45, 2.75) is 104 Å². The molecule has 34 heteroatoms. The fourth-order valence-electron chi connectivity index (χ4n) is 11.2. The summed E-state index contributed by atoms with van der Waals surface area (Å²) in [5.74, 6) is -2.31. The average molecular weight is 1390 g/mol. The average Bonchev–Trinajstić information content (AvgIpc) is 1.62. The number of H-pyrrole nitrogens is 3. The number of carboxylic acid groups (broad SMARTS) is 1. The molecule has 3 aliphatic heterocycles. The van der Waals surface area contributed by atoms with Gasteiger partial charge in [0.05, 0.1) is 36.0 Å². The lowest BCUT2D eigenvalue weighted by atomic mass is 9.87. The van der Waals surface area contributed by atoms with Crippen molar-refractivity contribution in [2.24, 2.45) is 5.41 Å². The second-order valence-corrected chi connectivity index (χ2v) is 28.6. The van der Waals surface area contributed by atoms with Crippen LogP contribution in [0.1, 0.15) is 111 Å². The summed E-state index contributed by atoms with van der Waals surface area (Å²) >= 11 is 1.01. The van der Waals surface area contributed by atoms with Crippen LogP contribution in [0, 0.1) is 19.3 Å². The molecule has 5 aromatic heterocycles. The van der Waals surface area contributed by atoms with Crippen molar-refractivity contribution in [1.29, 1.82) is 0 Å². The molecule has 7 atom stereocenters. The van der Waals surface area contributed by atoms with Crippen LogP contribution in [-0.4, -0.2) is 149 Å². The summed E-state index contributed by atoms with van der Waals surface area (Å²) in [6.07, 6.45) is -3.07. The monoisotopic (exact) mass is 1390 g/mol. The fraction of sp³-hybridized carbons (Fsp3) is 0.361. The lowest BCUT2D eigenvalue weighted by Crippen LogP contribution is -2.46. The van der Waals surface area contributed by atoms with Crippen molar-refractivity contribution in [1.82, 2.24) is 45.5 Å². The van der Waals surface area contributed by atoms with Gasteiger partial charge in [0.15, 0.2) is 23.6 Å². The highest BCUT2D eigenvalue weighted by molar-refractivity contribution is 8.13. The minimum Gasteiger partial charge on any atom is -0.481 e. The number of anilines is 1. The van der Waals surface area contributed by atoms with Crippen LogP contribution in [0.3, 0.4) is 0 Å². The normalized spacial score (nSPS) is 18.4. The third-order valence-electron chi connectivity index (χ3n) is 16.2. The zero-order valence-electron chi connectivity index (χ0n) is 52.4. The summed E-state index contributed by atoms with van der Waals surface area (Å²) in [6.45, 7) is 16.3. The predicted octanol–water partition coefficient (Wildman–Crippen LogP) is 7.49. The van der Waals surface area contributed by atoms with Gasteiger partial charge in [-0.15, -0.1) is 0 Å². The summed E-state index contributed by atoms with van der Waals surface area (Å²) in [5.41, 5.74) is 18.3. The van der Waals surface area contributed by atoms with E-state index in [1.807, 2.05) is 76.2 Å². The Hall–Kier alpha value is -7.67. The van der Waals surface area contributed by atoms with Crippen LogP contribution in [-0.2, 0) is 55.5 Å². The highest BCUT2D eigenvalue weighted by Gasteiger charge is 2.52. The number of carbonyl (C=O) groups is 4. The summed E-state index contributed by atoms with van der Waals surface area (Å²) in [7, 11) is -16.6. The van der Waals surface area contributed by atoms with Crippen LogP contribution < -0.4 is 20.9 Å². The maximum absolute atomic E-state index is 13.8. The first kappa shape index (κ1) is 71.6. The van der Waals surface area contributed by atoms with Gasteiger partial charge in [-0.25, -0.2) is 28.2 Å². The minimum absolute atomic E-state index is 0.00185. The van der Waals surface area contributed by atoms with Crippen molar-refractivity contribution in [2.75, 3.05) is 37.8 Å². The van der Waals surface area contributed by atoms with Gasteiger partial charge in [0.1, 0.15) is 24.4 Å². The lowest BCUT2D eigenvalue weighted by Gasteiger charge is -2.30. The van der Waals surface area contributed by atoms with E-state index in [2.05, 4.69) is 53.0 Å². The number of phosphoric ester groups is 3. The molecule has 1 aromatic carbocycles. The number of aromatic amines is 3. The molecule has 0 saturated carbocycles. The first-order valence-corrected chi connectivity index (χ1v) is 35.1. The quantitative estimate of drug-likeness (QED) is 0.0128. The summed E-state index contributed by atoms with van der Waals surface area (Å²) in [5, 5.41) is 36.9. The maximum Gasteiger partial charge on any atom is 0.481 e. The van der Waals surface area contributed by atoms with E-state index in [0.29, 0.717) is 28.3 Å². The molecule has 1 saturated heterocycles. The van der Waals surface area contributed by atoms with Gasteiger partial charge in [-0.3, -0.25) is 37.7 Å². The van der Waals surface area contributed by atoms with Gasteiger partial charge in [0.2, 0.25) is 23.6 Å². The van der Waals surface area contributed by atoms with Gasteiger partial charge in [-0.2, -0.15) is 9.29 Å². The lowest BCUT2D eigenvalue weighted by molar-refractivity contribution is -0.745. The number of imidazole rings is 1. The van der Waals surface area contributed by atoms with E-state index in [1.54, 1.807) is 12.2 Å². The van der Waals surface area contributed by atoms with Crippen molar-refractivity contribution in [3.8, 4) is 11.1 Å². The first-order chi connectivity index (χ1) is 44.8. The predicted molar refractivity (Wildman–Crippen MR) is 353 cm³/mol. The van der Waals surface area contributed by atoms with Crippen LogP contribution in [0.5, 0.6) is 0 Å². The number of benzene rings is 1. The smallest absolute Gasteiger partial charge is 0.481 e. The number of aliphatic hydroxyl groups excluding tert-OH is 2. The van der Waals surface area contributed by atoms with E-state index in [4.69, 9.17) is 34.0 Å². The molecule has 6 aromatic rings. The Labute approximate surface area is 547 Å². The van der Waals surface area contributed by atoms with Crippen LogP contribution in [0.15, 0.2) is 74.3 Å². The van der Waals surface area contributed by atoms with Crippen molar-refractivity contribution in [3.05, 3.63) is 119 Å². The number of nitrogens with two attached hydrogens (primary N) is 1. The molecular formula is C61H73N11O19P3S+. The number of hydrogen-bond donors (Lipinski definition) is 13. The number of amides is 2. The summed E-state index contributed by atoms with van der Waals surface area (Å²) in [4.78, 5) is 120. The van der Waals surface area contributed by atoms with Gasteiger partial charge in [-0.05, 0) is 97.7 Å². The summed E-state index contributed by atoms with van der Waals surface area (Å²) < 4.78 is 63.4. The van der Waals surface area contributed by atoms with Crippen molar-refractivity contribution < 1.29 is 95.0 Å². The number of aliphatic hydroxyl groups is 2. The Balaban J connectivity index is 0.800. The Morgan fingerprint density at radius 3 is 2.02 bits per heavy atom. The number of allylic oxidation sites excluding steroid dienone is 4. The number of hydrogen-bond acceptors (Lipinski definition) is 20. The number of fused-ring (bicyclic) bond motifs is 9. The molecular weight excluding hydrogens is 1320 g/mol. The van der Waals surface area contributed by atoms with Gasteiger partial charge >= 0.3 is 35.1 Å². The Bertz CT molecular complexity index is 4430. The van der Waals surface area contributed by atoms with E-state index in [9.17, 15) is 67.8 Å². The number of nitrogen functional groups attached to an aromatic ring is 1. The Kier molecular flexibility index (Phi) is 22.1. The Morgan fingerprint density at radius 2 is 1.41 bits per heavy atom. The van der Waals surface area contributed by atoms with Crippen LogP contribution in [0.2, 0.25) is 0 Å². The minimum atomic E-state index is -5.64. The zero-order chi connectivity index (χ0) is 69.1. The molecule has 8 bridgehead atoms. The van der Waals surface area contributed by atoms with E-state index in [1.165, 1.54) is 24.7 Å². The van der Waals surface area contributed by atoms with E-state index in [0.717, 1.165) is 90.3 Å². The topological polar surface area (TPSA) is 460 Å². The first-order valence-electron chi connectivity index (χ1n) is 29.6. The summed E-state index contributed by atoms with van der Waals surface area (Å²) in [6, 6.07) is 15.5. The maximum atomic E-state index is 13.8. The van der Waals surface area contributed by atoms with Gasteiger partial charge in [0, 0.05) is 82.3 Å². The molecule has 9 rings (SSSR count). The molecule has 2 amide bonds. The second-order valence-electron chi connectivity index (χ2n) is 23.2. The number of aryl methyl sites for hydroxylation is 2. The van der Waals surface area contributed by atoms with E-state index < -0.39 is 90.5 Å². The number of aliphatic carboxylic acids is 1. The van der Waals surface area contributed by atoms with Crippen LogP contribution in [0.25, 0.3) is 78.8 Å². The molecule has 3 aliphatic rings. The SMILES string of the molecule is C=Cc1c(C)c2cc3[nH]c(cc4nc(c(-c5ccccc5)c5nc(cc1[nH]2)C(C)=C5CCC(=O)O)C(CCC(=O)SCCNC(=O)CCNC(=O)C(O)C(C)(C)COP(=O)(O)OP(=O)(O)OCC1OC([n+]2c[nH]c5c(N)ncnc52)C(O)C1OP(=O)(O)O)=C4C)c(C)c3C=C. The third-order valence-corrected chi connectivity index (χ3v) is 20.3. The van der Waals surface area contributed by atoms with Crippen LogP contribution in [0.4, 0.5) is 5.82 Å². The largest absolute Gasteiger partial charge is 0.481 e. The van der Waals surface area contributed by atoms with Gasteiger partial charge in [-0.1, -0.05) is 86.2 Å². The number of phosphoric acid groups is 3. The number of nitrogens with one attached hydrogen (secondary N) is 5. The van der Waals surface area contributed by atoms with Crippen LogP contribution >= 0.6 is 35.2 Å². The van der Waals surface area contributed by atoms with E-state index in [-0.39, 0.29) is 73.0 Å². The molecule has 506 valence electrons. The molecule has 7 unspecified atom stereocenters. The van der Waals surface area contributed by atoms with Gasteiger partial charge < -0.3 is 66.0 Å². The van der Waals surface area contributed by atoms with Gasteiger partial charge in [0.25, 0.3) is 0 Å². The number of nitrogens with zero attached hydrogens (tertiary/aromatic N) is 5. The molecule has 0 spiro atoms. The fourth-order valence-corrected chi connectivity index (χ4v) is 14.7. The number of ether oxygens (including phenoxy) is 1. The number of thioether (sulfide) groups is 1. The molecule has 1 fully saturated rings. The molecule has 30 nitrogen and oxygen atoms in total. The zero-order valence-corrected chi connectivity index (χ0v) is 55.9. The molecule has 8 heterocycles. The number of carboxylic acids is 1. The van der Waals surface area contributed by atoms with Crippen molar-refractivity contribution >= 4 is 132 Å². The second kappa shape index (κ2) is 29.4. The number of carbonyl (C=O) groups excluding carboxylic acids is 3. The Morgan fingerprint density at radius 1 is 0.821 bits per heavy atom. The third kappa shape index (κ3) is 16.6. The highest BCUT2D eigenvalue weighted by Crippen LogP contribution is 2.61. The number of rotatable bonds is 28. The molecule has 0 radical (unpaired) electrons. The number of aromatic nitrogens is 8. The molecule has 0 aliphatic carbocycles. The molecule has 14 N–H and O–H groups in total. The highest BCUT2D eigenvalue weighted by atomic mass is 32.2. The standard InChI is InChI=1S/C61H72N11O19P3S/c1-9-36-31(3)40-24-42-34(6)39(52(70-42)50(35-14-12-11-13-15-35)51-38(16-18-48(74)75)33(5)43(71-51)26-45-37(10-2)32(4)41(69-45)25-44(36)68-40)17-19-49(76)95-23-22-63-47(73)20-21-64-59(79)56(78)61(7,8)28-88-94(85,86)91-93(83,84)87-27-46-55(90-92(80,81)82)54(77)60(89-46)72-30-67-53-57(62)65-29-66-58(53)72/h9-15,24-26,29-30,46,54-56,60,77-78H,1-2,16-23,27-28H2,3-8H3,(H11,62,63,64,65,66,68,69,70,71,73,74,75,79,80,81,82,83,84,85,86)/p+1. The molecule has 95 heavy (non-hydrogen) atoms.